The largest absolute Gasteiger partial charge is 0.464 e. The normalized spacial score (nSPS) is 12.2. The van der Waals surface area contributed by atoms with Crippen LogP contribution in [0.25, 0.3) is 96.9 Å². The molecule has 3 heterocycles. The summed E-state index contributed by atoms with van der Waals surface area (Å²) >= 11 is 1.87. The zero-order chi connectivity index (χ0) is 28.1. The van der Waals surface area contributed by atoms with Crippen molar-refractivity contribution in [2.45, 2.75) is 0 Å². The van der Waals surface area contributed by atoms with Crippen LogP contribution in [0.1, 0.15) is 0 Å². The standard InChI is InChI=1S/C40H22O2S/c1-3-13-26-24(11-1)38(29-16-9-19-37-40(29)28-15-6-8-18-36(28)43-37)25-12-2-4-14-27(25)39(26)32-22-41-34-21-35-30(20-31(32)34)23-10-5-7-17-33(23)42-35/h1-22H. The quantitative estimate of drug-likeness (QED) is 0.195. The molecule has 2 nitrogen and oxygen atoms in total. The summed E-state index contributed by atoms with van der Waals surface area (Å²) < 4.78 is 15.1. The van der Waals surface area contributed by atoms with Gasteiger partial charge in [-0.1, -0.05) is 97.1 Å². The smallest absolute Gasteiger partial charge is 0.139 e. The van der Waals surface area contributed by atoms with Gasteiger partial charge < -0.3 is 8.83 Å². The van der Waals surface area contributed by atoms with E-state index < -0.39 is 0 Å². The van der Waals surface area contributed by atoms with Gasteiger partial charge in [0.2, 0.25) is 0 Å². The molecule has 200 valence electrons. The molecule has 0 bridgehead atoms. The van der Waals surface area contributed by atoms with Gasteiger partial charge in [0, 0.05) is 53.5 Å². The Morgan fingerprint density at radius 3 is 1.74 bits per heavy atom. The molecular formula is C40H22O2S. The fourth-order valence-corrected chi connectivity index (χ4v) is 8.26. The molecule has 0 aliphatic rings. The molecule has 7 aromatic carbocycles. The molecule has 0 fully saturated rings. The highest BCUT2D eigenvalue weighted by molar-refractivity contribution is 7.25. The third-order valence-corrected chi connectivity index (χ3v) is 10.1. The summed E-state index contributed by atoms with van der Waals surface area (Å²) in [4.78, 5) is 0. The Hall–Kier alpha value is -5.38. The van der Waals surface area contributed by atoms with Gasteiger partial charge in [-0.25, -0.2) is 0 Å². The van der Waals surface area contributed by atoms with E-state index in [9.17, 15) is 0 Å². The maximum atomic E-state index is 6.26. The minimum Gasteiger partial charge on any atom is -0.464 e. The Kier molecular flexibility index (Phi) is 4.63. The molecule has 0 atom stereocenters. The summed E-state index contributed by atoms with van der Waals surface area (Å²) in [5, 5.41) is 10.9. The van der Waals surface area contributed by atoms with E-state index >= 15 is 0 Å². The minimum absolute atomic E-state index is 0.827. The van der Waals surface area contributed by atoms with E-state index in [1.807, 2.05) is 35.8 Å². The molecule has 0 aliphatic heterocycles. The Balaban J connectivity index is 1.35. The summed E-state index contributed by atoms with van der Waals surface area (Å²) in [5.41, 5.74) is 7.41. The van der Waals surface area contributed by atoms with Crippen molar-refractivity contribution in [1.29, 1.82) is 0 Å². The molecule has 0 radical (unpaired) electrons. The summed E-state index contributed by atoms with van der Waals surface area (Å²) in [5.74, 6) is 0. The molecule has 0 aliphatic carbocycles. The van der Waals surface area contributed by atoms with E-state index in [1.165, 1.54) is 58.4 Å². The monoisotopic (exact) mass is 566 g/mol. The zero-order valence-corrected chi connectivity index (χ0v) is 23.7. The van der Waals surface area contributed by atoms with Crippen LogP contribution in [0.2, 0.25) is 0 Å². The van der Waals surface area contributed by atoms with Crippen LogP contribution in [0.15, 0.2) is 142 Å². The highest BCUT2D eigenvalue weighted by Crippen LogP contribution is 2.49. The number of hydrogen-bond acceptors (Lipinski definition) is 3. The van der Waals surface area contributed by atoms with Crippen LogP contribution in [0.4, 0.5) is 0 Å². The number of thiophene rings is 1. The maximum Gasteiger partial charge on any atom is 0.139 e. The van der Waals surface area contributed by atoms with Gasteiger partial charge >= 0.3 is 0 Å². The first-order valence-electron chi connectivity index (χ1n) is 14.5. The first-order valence-corrected chi connectivity index (χ1v) is 15.3. The van der Waals surface area contributed by atoms with Crippen LogP contribution in [-0.4, -0.2) is 0 Å². The molecule has 0 amide bonds. The number of furan rings is 2. The van der Waals surface area contributed by atoms with Gasteiger partial charge in [-0.15, -0.1) is 11.3 Å². The van der Waals surface area contributed by atoms with Crippen molar-refractivity contribution in [3.63, 3.8) is 0 Å². The van der Waals surface area contributed by atoms with Crippen molar-refractivity contribution in [3.05, 3.63) is 134 Å². The Morgan fingerprint density at radius 1 is 0.395 bits per heavy atom. The van der Waals surface area contributed by atoms with Crippen LogP contribution in [-0.2, 0) is 0 Å². The molecule has 0 saturated carbocycles. The molecule has 3 heteroatoms. The Bertz CT molecular complexity index is 2680. The van der Waals surface area contributed by atoms with E-state index in [2.05, 4.69) is 109 Å². The second-order valence-corrected chi connectivity index (χ2v) is 12.3. The summed E-state index contributed by atoms with van der Waals surface area (Å²) in [6.45, 7) is 0. The van der Waals surface area contributed by atoms with Gasteiger partial charge in [-0.3, -0.25) is 0 Å². The van der Waals surface area contributed by atoms with Crippen molar-refractivity contribution < 1.29 is 8.83 Å². The predicted octanol–water partition coefficient (Wildman–Crippen LogP) is 12.3. The Morgan fingerprint density at radius 2 is 1.00 bits per heavy atom. The first kappa shape index (κ1) is 23.2. The van der Waals surface area contributed by atoms with Crippen LogP contribution >= 0.6 is 11.3 Å². The van der Waals surface area contributed by atoms with Crippen molar-refractivity contribution in [2.24, 2.45) is 0 Å². The third kappa shape index (κ3) is 3.17. The van der Waals surface area contributed by atoms with Crippen molar-refractivity contribution >= 4 is 86.0 Å². The number of rotatable bonds is 2. The number of benzene rings is 7. The second kappa shape index (κ2) is 8.57. The minimum atomic E-state index is 0.827. The SMILES string of the molecule is c1ccc2c(c1)oc1cc3occ(-c4c5ccccc5c(-c5cccc6sc7ccccc7c56)c5ccccc45)c3cc12. The van der Waals surface area contributed by atoms with Crippen LogP contribution in [0, 0.1) is 0 Å². The summed E-state index contributed by atoms with van der Waals surface area (Å²) in [6.07, 6.45) is 1.92. The lowest BCUT2D eigenvalue weighted by molar-refractivity contribution is 0.614. The van der Waals surface area contributed by atoms with Crippen molar-refractivity contribution in [3.8, 4) is 22.3 Å². The Labute approximate surface area is 250 Å². The molecule has 0 spiro atoms. The zero-order valence-electron chi connectivity index (χ0n) is 22.9. The molecule has 10 aromatic rings. The average molecular weight is 567 g/mol. The molecule has 43 heavy (non-hydrogen) atoms. The highest BCUT2D eigenvalue weighted by atomic mass is 32.1. The van der Waals surface area contributed by atoms with Gasteiger partial charge in [-0.05, 0) is 56.9 Å². The number of para-hydroxylation sites is 1. The molecule has 0 unspecified atom stereocenters. The van der Waals surface area contributed by atoms with Crippen LogP contribution in [0.5, 0.6) is 0 Å². The van der Waals surface area contributed by atoms with E-state index in [0.717, 1.165) is 38.5 Å². The summed E-state index contributed by atoms with van der Waals surface area (Å²) in [6, 6.07) is 45.7. The van der Waals surface area contributed by atoms with E-state index in [1.54, 1.807) is 0 Å². The molecule has 0 saturated heterocycles. The van der Waals surface area contributed by atoms with E-state index in [-0.39, 0.29) is 0 Å². The van der Waals surface area contributed by atoms with Gasteiger partial charge in [0.05, 0.1) is 6.26 Å². The van der Waals surface area contributed by atoms with Crippen LogP contribution < -0.4 is 0 Å². The second-order valence-electron chi connectivity index (χ2n) is 11.2. The third-order valence-electron chi connectivity index (χ3n) is 8.95. The average Bonchev–Trinajstić information content (AvgIpc) is 3.75. The number of hydrogen-bond donors (Lipinski definition) is 0. The molecule has 3 aromatic heterocycles. The van der Waals surface area contributed by atoms with E-state index in [4.69, 9.17) is 8.83 Å². The predicted molar refractivity (Wildman–Crippen MR) is 182 cm³/mol. The fraction of sp³-hybridized carbons (Fsp3) is 0. The van der Waals surface area contributed by atoms with Gasteiger partial charge in [0.15, 0.2) is 0 Å². The van der Waals surface area contributed by atoms with Gasteiger partial charge in [0.25, 0.3) is 0 Å². The molecule has 10 rings (SSSR count). The first-order chi connectivity index (χ1) is 21.3. The van der Waals surface area contributed by atoms with Gasteiger partial charge in [-0.2, -0.15) is 0 Å². The van der Waals surface area contributed by atoms with Gasteiger partial charge in [0.1, 0.15) is 16.7 Å². The topological polar surface area (TPSA) is 26.3 Å². The van der Waals surface area contributed by atoms with Crippen molar-refractivity contribution in [1.82, 2.24) is 0 Å². The lowest BCUT2D eigenvalue weighted by atomic mass is 9.85. The van der Waals surface area contributed by atoms with Crippen LogP contribution in [0.3, 0.4) is 0 Å². The summed E-state index contributed by atoms with van der Waals surface area (Å²) in [7, 11) is 0. The lowest BCUT2D eigenvalue weighted by Gasteiger charge is -2.18. The lowest BCUT2D eigenvalue weighted by Crippen LogP contribution is -1.90. The fourth-order valence-electron chi connectivity index (χ4n) is 7.13. The molecular weight excluding hydrogens is 545 g/mol. The molecule has 0 N–H and O–H groups in total. The maximum absolute atomic E-state index is 6.26. The highest BCUT2D eigenvalue weighted by Gasteiger charge is 2.22. The number of fused-ring (bicyclic) bond motifs is 9. The van der Waals surface area contributed by atoms with Crippen molar-refractivity contribution in [2.75, 3.05) is 0 Å². The van der Waals surface area contributed by atoms with E-state index in [0.29, 0.717) is 0 Å².